The van der Waals surface area contributed by atoms with Crippen LogP contribution in [-0.2, 0) is 5.54 Å². The van der Waals surface area contributed by atoms with Crippen LogP contribution in [0.5, 0.6) is 0 Å². The van der Waals surface area contributed by atoms with Crippen LogP contribution >= 0.6 is 0 Å². The van der Waals surface area contributed by atoms with Crippen LogP contribution in [0.4, 0.5) is 8.78 Å². The normalized spacial score (nSPS) is 15.7. The second-order valence-electron chi connectivity index (χ2n) is 4.33. The zero-order chi connectivity index (χ0) is 11.6. The molecule has 0 bridgehead atoms. The zero-order valence-electron chi connectivity index (χ0n) is 9.30. The smallest absolute Gasteiger partial charge is 0.260 e. The molecule has 1 unspecified atom stereocenters. The monoisotopic (exact) mass is 213 g/mol. The van der Waals surface area contributed by atoms with Crippen molar-refractivity contribution in [2.75, 3.05) is 0 Å². The first-order valence-electron chi connectivity index (χ1n) is 5.03. The van der Waals surface area contributed by atoms with E-state index in [2.05, 4.69) is 0 Å². The number of benzene rings is 1. The summed E-state index contributed by atoms with van der Waals surface area (Å²) in [7, 11) is 0. The Morgan fingerprint density at radius 3 is 2.20 bits per heavy atom. The third-order valence-electron chi connectivity index (χ3n) is 2.62. The average Bonchev–Trinajstić information content (AvgIpc) is 2.17. The fourth-order valence-corrected chi connectivity index (χ4v) is 1.61. The highest BCUT2D eigenvalue weighted by Crippen LogP contribution is 2.31. The van der Waals surface area contributed by atoms with Gasteiger partial charge >= 0.3 is 0 Å². The standard InChI is InChI=1S/C12H17F2N/c1-8(2)9-6-4-5-7-10(9)12(3,15)11(13)14/h4-8,11H,15H2,1-3H3. The van der Waals surface area contributed by atoms with Crippen LogP contribution in [0.3, 0.4) is 0 Å². The Hall–Kier alpha value is -0.960. The van der Waals surface area contributed by atoms with Crippen LogP contribution in [0.1, 0.15) is 37.8 Å². The summed E-state index contributed by atoms with van der Waals surface area (Å²) >= 11 is 0. The summed E-state index contributed by atoms with van der Waals surface area (Å²) in [5, 5.41) is 0. The van der Waals surface area contributed by atoms with Crippen molar-refractivity contribution in [2.24, 2.45) is 5.73 Å². The summed E-state index contributed by atoms with van der Waals surface area (Å²) in [5.74, 6) is 0.197. The van der Waals surface area contributed by atoms with Crippen molar-refractivity contribution in [2.45, 2.75) is 38.7 Å². The second-order valence-corrected chi connectivity index (χ2v) is 4.33. The minimum Gasteiger partial charge on any atom is -0.317 e. The van der Waals surface area contributed by atoms with E-state index in [4.69, 9.17) is 5.73 Å². The molecule has 84 valence electrons. The maximum Gasteiger partial charge on any atom is 0.260 e. The highest BCUT2D eigenvalue weighted by Gasteiger charge is 2.34. The summed E-state index contributed by atoms with van der Waals surface area (Å²) in [6.45, 7) is 5.32. The maximum atomic E-state index is 12.8. The molecule has 0 amide bonds. The van der Waals surface area contributed by atoms with E-state index in [-0.39, 0.29) is 5.92 Å². The Morgan fingerprint density at radius 1 is 1.20 bits per heavy atom. The van der Waals surface area contributed by atoms with Gasteiger partial charge in [0.15, 0.2) is 0 Å². The minimum absolute atomic E-state index is 0.197. The van der Waals surface area contributed by atoms with E-state index in [1.165, 1.54) is 6.92 Å². The number of hydrogen-bond donors (Lipinski definition) is 1. The number of hydrogen-bond acceptors (Lipinski definition) is 1. The van der Waals surface area contributed by atoms with Crippen molar-refractivity contribution >= 4 is 0 Å². The van der Waals surface area contributed by atoms with Gasteiger partial charge in [-0.05, 0) is 24.0 Å². The predicted octanol–water partition coefficient (Wildman–Crippen LogP) is 3.25. The lowest BCUT2D eigenvalue weighted by molar-refractivity contribution is 0.0619. The van der Waals surface area contributed by atoms with Crippen LogP contribution < -0.4 is 5.73 Å². The van der Waals surface area contributed by atoms with Gasteiger partial charge in [-0.1, -0.05) is 38.1 Å². The van der Waals surface area contributed by atoms with Gasteiger partial charge in [-0.3, -0.25) is 0 Å². The first-order valence-corrected chi connectivity index (χ1v) is 5.03. The Labute approximate surface area is 89.3 Å². The van der Waals surface area contributed by atoms with E-state index < -0.39 is 12.0 Å². The lowest BCUT2D eigenvalue weighted by atomic mass is 9.85. The van der Waals surface area contributed by atoms with Crippen molar-refractivity contribution < 1.29 is 8.78 Å². The molecule has 1 rings (SSSR count). The van der Waals surface area contributed by atoms with Gasteiger partial charge in [-0.2, -0.15) is 0 Å². The molecule has 3 heteroatoms. The van der Waals surface area contributed by atoms with E-state index in [0.717, 1.165) is 5.56 Å². The molecular formula is C12H17F2N. The van der Waals surface area contributed by atoms with Crippen molar-refractivity contribution in [1.82, 2.24) is 0 Å². The fraction of sp³-hybridized carbons (Fsp3) is 0.500. The summed E-state index contributed by atoms with van der Waals surface area (Å²) < 4.78 is 25.6. The quantitative estimate of drug-likeness (QED) is 0.819. The van der Waals surface area contributed by atoms with Gasteiger partial charge in [-0.25, -0.2) is 8.78 Å². The first kappa shape index (κ1) is 12.1. The SMILES string of the molecule is CC(C)c1ccccc1C(C)(N)C(F)F. The molecule has 0 radical (unpaired) electrons. The van der Waals surface area contributed by atoms with Crippen LogP contribution in [-0.4, -0.2) is 6.43 Å². The van der Waals surface area contributed by atoms with Gasteiger partial charge in [0.05, 0.1) is 5.54 Å². The van der Waals surface area contributed by atoms with Crippen LogP contribution in [0, 0.1) is 0 Å². The Kier molecular flexibility index (Phi) is 3.45. The van der Waals surface area contributed by atoms with Gasteiger partial charge < -0.3 is 5.73 Å². The highest BCUT2D eigenvalue weighted by atomic mass is 19.3. The predicted molar refractivity (Wildman–Crippen MR) is 58.1 cm³/mol. The molecule has 1 aromatic rings. The summed E-state index contributed by atoms with van der Waals surface area (Å²) in [4.78, 5) is 0. The van der Waals surface area contributed by atoms with E-state index in [9.17, 15) is 8.78 Å². The van der Waals surface area contributed by atoms with Crippen molar-refractivity contribution in [1.29, 1.82) is 0 Å². The summed E-state index contributed by atoms with van der Waals surface area (Å²) in [5.41, 5.74) is 5.53. The Balaban J connectivity index is 3.24. The average molecular weight is 213 g/mol. The molecule has 1 aromatic carbocycles. The fourth-order valence-electron chi connectivity index (χ4n) is 1.61. The Morgan fingerprint density at radius 2 is 1.73 bits per heavy atom. The molecule has 0 aromatic heterocycles. The third kappa shape index (κ3) is 2.34. The molecule has 1 atom stereocenters. The van der Waals surface area contributed by atoms with E-state index in [1.54, 1.807) is 12.1 Å². The molecule has 0 fully saturated rings. The molecule has 0 spiro atoms. The molecule has 0 aliphatic rings. The summed E-state index contributed by atoms with van der Waals surface area (Å²) in [6.07, 6.45) is -2.56. The molecule has 0 aliphatic carbocycles. The van der Waals surface area contributed by atoms with E-state index in [0.29, 0.717) is 5.56 Å². The number of rotatable bonds is 3. The number of alkyl halides is 2. The zero-order valence-corrected chi connectivity index (χ0v) is 9.30. The minimum atomic E-state index is -2.56. The number of nitrogens with two attached hydrogens (primary N) is 1. The van der Waals surface area contributed by atoms with E-state index >= 15 is 0 Å². The van der Waals surface area contributed by atoms with Crippen molar-refractivity contribution in [3.05, 3.63) is 35.4 Å². The lowest BCUT2D eigenvalue weighted by Crippen LogP contribution is -2.41. The second kappa shape index (κ2) is 4.27. The van der Waals surface area contributed by atoms with E-state index in [1.807, 2.05) is 26.0 Å². The van der Waals surface area contributed by atoms with Crippen LogP contribution in [0.2, 0.25) is 0 Å². The molecule has 0 saturated heterocycles. The van der Waals surface area contributed by atoms with Gasteiger partial charge in [-0.15, -0.1) is 0 Å². The van der Waals surface area contributed by atoms with Crippen molar-refractivity contribution in [3.8, 4) is 0 Å². The third-order valence-corrected chi connectivity index (χ3v) is 2.62. The molecule has 15 heavy (non-hydrogen) atoms. The topological polar surface area (TPSA) is 26.0 Å². The van der Waals surface area contributed by atoms with Gasteiger partial charge in [0.2, 0.25) is 0 Å². The molecule has 1 nitrogen and oxygen atoms in total. The Bertz CT molecular complexity index is 332. The summed E-state index contributed by atoms with van der Waals surface area (Å²) in [6, 6.07) is 7.13. The van der Waals surface area contributed by atoms with Gasteiger partial charge in [0.1, 0.15) is 0 Å². The van der Waals surface area contributed by atoms with Crippen LogP contribution in [0.15, 0.2) is 24.3 Å². The maximum absolute atomic E-state index is 12.8. The van der Waals surface area contributed by atoms with Gasteiger partial charge in [0, 0.05) is 0 Å². The molecule has 2 N–H and O–H groups in total. The first-order chi connectivity index (χ1) is 6.87. The lowest BCUT2D eigenvalue weighted by Gasteiger charge is -2.28. The molecule has 0 heterocycles. The molecular weight excluding hydrogens is 196 g/mol. The number of halogens is 2. The van der Waals surface area contributed by atoms with Gasteiger partial charge in [0.25, 0.3) is 6.43 Å². The largest absolute Gasteiger partial charge is 0.317 e. The molecule has 0 saturated carbocycles. The van der Waals surface area contributed by atoms with Crippen molar-refractivity contribution in [3.63, 3.8) is 0 Å². The highest BCUT2D eigenvalue weighted by molar-refractivity contribution is 5.35. The van der Waals surface area contributed by atoms with Crippen LogP contribution in [0.25, 0.3) is 0 Å². The molecule has 0 aliphatic heterocycles.